The summed E-state index contributed by atoms with van der Waals surface area (Å²) in [6.45, 7) is 1.80. The first-order valence-corrected chi connectivity index (χ1v) is 6.74. The van der Waals surface area contributed by atoms with Crippen molar-refractivity contribution >= 4 is 18.2 Å². The van der Waals surface area contributed by atoms with E-state index in [0.29, 0.717) is 11.3 Å². The lowest BCUT2D eigenvalue weighted by Gasteiger charge is -2.07. The summed E-state index contributed by atoms with van der Waals surface area (Å²) in [5.74, 6) is 0.329. The maximum Gasteiger partial charge on any atom is 0.342 e. The van der Waals surface area contributed by atoms with Gasteiger partial charge in [0.1, 0.15) is 16.0 Å². The number of nitrogens with zero attached hydrogens (tertiary/aromatic N) is 1. The lowest BCUT2D eigenvalue weighted by atomic mass is 10.1. The van der Waals surface area contributed by atoms with E-state index >= 15 is 0 Å². The molecule has 0 spiro atoms. The van der Waals surface area contributed by atoms with Gasteiger partial charge >= 0.3 is 5.97 Å². The van der Waals surface area contributed by atoms with E-state index < -0.39 is 5.97 Å². The largest absolute Gasteiger partial charge is 0.465 e. The molecule has 4 nitrogen and oxygen atoms in total. The third-order valence-electron chi connectivity index (χ3n) is 3.04. The summed E-state index contributed by atoms with van der Waals surface area (Å²) >= 11 is 5.17. The molecule has 1 aromatic heterocycles. The lowest BCUT2D eigenvalue weighted by Crippen LogP contribution is -2.10. The topological polar surface area (TPSA) is 55.0 Å². The Morgan fingerprint density at radius 2 is 2.00 bits per heavy atom. The summed E-state index contributed by atoms with van der Waals surface area (Å²) < 4.78 is 4.99. The second-order valence-corrected chi connectivity index (χ2v) is 4.85. The molecule has 0 fully saturated rings. The van der Waals surface area contributed by atoms with Crippen molar-refractivity contribution < 1.29 is 9.53 Å². The number of aromatic amines is 1. The van der Waals surface area contributed by atoms with Crippen molar-refractivity contribution in [1.29, 1.82) is 0 Å². The van der Waals surface area contributed by atoms with Crippen LogP contribution in [0.1, 0.15) is 27.4 Å². The predicted octanol–water partition coefficient (Wildman–Crippen LogP) is 3.02. The molecule has 1 aromatic carbocycles. The number of carbonyl (C=O) groups excluding carboxylic acids is 1. The first-order valence-electron chi connectivity index (χ1n) is 6.34. The van der Waals surface area contributed by atoms with Gasteiger partial charge in [0.2, 0.25) is 0 Å². The molecule has 0 saturated heterocycles. The fourth-order valence-electron chi connectivity index (χ4n) is 2.01. The fourth-order valence-corrected chi connectivity index (χ4v) is 2.36. The zero-order chi connectivity index (χ0) is 14.5. The zero-order valence-electron chi connectivity index (χ0n) is 11.5. The van der Waals surface area contributed by atoms with Crippen LogP contribution in [0.5, 0.6) is 0 Å². The Labute approximate surface area is 122 Å². The molecule has 0 bridgehead atoms. The van der Waals surface area contributed by atoms with Gasteiger partial charge in [0, 0.05) is 12.1 Å². The highest BCUT2D eigenvalue weighted by atomic mass is 32.1. The molecule has 1 N–H and O–H groups in total. The second kappa shape index (κ2) is 6.43. The first-order chi connectivity index (χ1) is 9.61. The summed E-state index contributed by atoms with van der Waals surface area (Å²) in [4.78, 5) is 19.0. The maximum atomic E-state index is 11.6. The number of nitrogens with one attached hydrogen (secondary N) is 1. The first kappa shape index (κ1) is 14.4. The Morgan fingerprint density at radius 1 is 1.30 bits per heavy atom. The predicted molar refractivity (Wildman–Crippen MR) is 79.3 cm³/mol. The van der Waals surface area contributed by atoms with Crippen LogP contribution in [0.3, 0.4) is 0 Å². The third-order valence-corrected chi connectivity index (χ3v) is 3.34. The van der Waals surface area contributed by atoms with E-state index in [0.717, 1.165) is 18.7 Å². The van der Waals surface area contributed by atoms with Gasteiger partial charge in [-0.3, -0.25) is 0 Å². The standard InChI is InChI=1S/C15H16N2O2S/c1-10-13(15(18)19-2)14(20)17-12(16-10)9-8-11-6-4-3-5-7-11/h3-7H,8-9H2,1-2H3,(H,16,17,20). The quantitative estimate of drug-likeness (QED) is 0.694. The monoisotopic (exact) mass is 288 g/mol. The second-order valence-electron chi connectivity index (χ2n) is 4.47. The molecule has 20 heavy (non-hydrogen) atoms. The number of H-pyrrole nitrogens is 1. The summed E-state index contributed by atoms with van der Waals surface area (Å²) in [5.41, 5.74) is 2.27. The van der Waals surface area contributed by atoms with E-state index in [-0.39, 0.29) is 4.64 Å². The zero-order valence-corrected chi connectivity index (χ0v) is 12.3. The SMILES string of the molecule is COC(=O)c1c(C)[nH]c(CCc2ccccc2)nc1=S. The number of rotatable bonds is 4. The molecule has 0 aliphatic heterocycles. The number of benzene rings is 1. The van der Waals surface area contributed by atoms with Gasteiger partial charge in [-0.25, -0.2) is 9.78 Å². The third kappa shape index (κ3) is 3.30. The minimum atomic E-state index is -0.453. The van der Waals surface area contributed by atoms with Gasteiger partial charge in [-0.1, -0.05) is 42.5 Å². The molecule has 0 aliphatic carbocycles. The number of hydrogen-bond donors (Lipinski definition) is 1. The van der Waals surface area contributed by atoms with Crippen molar-refractivity contribution in [3.8, 4) is 0 Å². The van der Waals surface area contributed by atoms with Crippen molar-refractivity contribution in [3.05, 3.63) is 57.6 Å². The van der Waals surface area contributed by atoms with Gasteiger partial charge in [0.15, 0.2) is 0 Å². The van der Waals surface area contributed by atoms with Gasteiger partial charge in [-0.05, 0) is 18.9 Å². The summed E-state index contributed by atoms with van der Waals surface area (Å²) in [6.07, 6.45) is 1.62. The van der Waals surface area contributed by atoms with Crippen molar-refractivity contribution in [2.75, 3.05) is 7.11 Å². The Hall–Kier alpha value is -2.01. The minimum Gasteiger partial charge on any atom is -0.465 e. The molecule has 0 saturated carbocycles. The van der Waals surface area contributed by atoms with Crippen LogP contribution in [0, 0.1) is 11.6 Å². The number of hydrogen-bond acceptors (Lipinski definition) is 4. The van der Waals surface area contributed by atoms with Crippen LogP contribution < -0.4 is 0 Å². The van der Waals surface area contributed by atoms with Gasteiger partial charge in [0.25, 0.3) is 0 Å². The molecule has 0 amide bonds. The summed E-state index contributed by atoms with van der Waals surface area (Å²) in [5, 5.41) is 0. The van der Waals surface area contributed by atoms with Gasteiger partial charge in [-0.2, -0.15) is 0 Å². The smallest absolute Gasteiger partial charge is 0.342 e. The molecule has 2 rings (SSSR count). The van der Waals surface area contributed by atoms with Crippen molar-refractivity contribution in [3.63, 3.8) is 0 Å². The molecule has 0 unspecified atom stereocenters. The van der Waals surface area contributed by atoms with Crippen molar-refractivity contribution in [1.82, 2.24) is 9.97 Å². The van der Waals surface area contributed by atoms with Crippen LogP contribution >= 0.6 is 12.2 Å². The highest BCUT2D eigenvalue weighted by Crippen LogP contribution is 2.10. The van der Waals surface area contributed by atoms with E-state index in [9.17, 15) is 4.79 Å². The van der Waals surface area contributed by atoms with E-state index in [4.69, 9.17) is 17.0 Å². The van der Waals surface area contributed by atoms with Crippen LogP contribution in [0.4, 0.5) is 0 Å². The van der Waals surface area contributed by atoms with E-state index in [1.54, 1.807) is 6.92 Å². The number of aromatic nitrogens is 2. The number of ether oxygens (including phenoxy) is 1. The molecule has 2 aromatic rings. The molecule has 1 heterocycles. The number of aryl methyl sites for hydroxylation is 3. The van der Waals surface area contributed by atoms with Crippen LogP contribution in [-0.2, 0) is 17.6 Å². The molecular weight excluding hydrogens is 272 g/mol. The molecule has 0 atom stereocenters. The number of esters is 1. The Morgan fingerprint density at radius 3 is 2.60 bits per heavy atom. The van der Waals surface area contributed by atoms with Crippen molar-refractivity contribution in [2.45, 2.75) is 19.8 Å². The highest BCUT2D eigenvalue weighted by Gasteiger charge is 2.14. The molecule has 5 heteroatoms. The number of carbonyl (C=O) groups is 1. The fraction of sp³-hybridized carbons (Fsp3) is 0.267. The van der Waals surface area contributed by atoms with Gasteiger partial charge in [-0.15, -0.1) is 0 Å². The molecule has 104 valence electrons. The average molecular weight is 288 g/mol. The Kier molecular flexibility index (Phi) is 4.63. The lowest BCUT2D eigenvalue weighted by molar-refractivity contribution is 0.0598. The molecule has 0 radical (unpaired) electrons. The minimum absolute atomic E-state index is 0.288. The van der Waals surface area contributed by atoms with Crippen LogP contribution in [0.2, 0.25) is 0 Å². The van der Waals surface area contributed by atoms with E-state index in [1.807, 2.05) is 18.2 Å². The maximum absolute atomic E-state index is 11.6. The van der Waals surface area contributed by atoms with Gasteiger partial charge in [0.05, 0.1) is 7.11 Å². The summed E-state index contributed by atoms with van der Waals surface area (Å²) in [6, 6.07) is 10.2. The molecular formula is C15H16N2O2S. The summed E-state index contributed by atoms with van der Waals surface area (Å²) in [7, 11) is 1.33. The Balaban J connectivity index is 2.19. The van der Waals surface area contributed by atoms with Gasteiger partial charge < -0.3 is 9.72 Å². The van der Waals surface area contributed by atoms with Crippen LogP contribution in [0.25, 0.3) is 0 Å². The van der Waals surface area contributed by atoms with E-state index in [1.165, 1.54) is 12.7 Å². The number of methoxy groups -OCH3 is 1. The Bertz CT molecular complexity index is 665. The van der Waals surface area contributed by atoms with Crippen LogP contribution in [-0.4, -0.2) is 23.0 Å². The highest BCUT2D eigenvalue weighted by molar-refractivity contribution is 7.71. The average Bonchev–Trinajstić information content (AvgIpc) is 2.45. The molecule has 0 aliphatic rings. The normalized spacial score (nSPS) is 10.3. The van der Waals surface area contributed by atoms with Crippen LogP contribution in [0.15, 0.2) is 30.3 Å². The van der Waals surface area contributed by atoms with E-state index in [2.05, 4.69) is 22.1 Å². The van der Waals surface area contributed by atoms with Crippen molar-refractivity contribution in [2.24, 2.45) is 0 Å².